The molecule has 2 aliphatic rings. The van der Waals surface area contributed by atoms with Crippen molar-refractivity contribution in [2.75, 3.05) is 0 Å². The molecular formula is C21H30O5. The third kappa shape index (κ3) is 3.54. The molecule has 2 heterocycles. The molecule has 0 saturated carbocycles. The minimum atomic E-state index is -0.627. The molecule has 144 valence electrons. The van der Waals surface area contributed by atoms with Crippen molar-refractivity contribution in [3.05, 3.63) is 22.3 Å². The predicted molar refractivity (Wildman–Crippen MR) is 98.8 cm³/mol. The Morgan fingerprint density at radius 2 is 2.00 bits per heavy atom. The Labute approximate surface area is 155 Å². The largest absolute Gasteiger partial charge is 0.507 e. The maximum Gasteiger partial charge on any atom is 0.308 e. The lowest BCUT2D eigenvalue weighted by Gasteiger charge is -2.27. The van der Waals surface area contributed by atoms with E-state index in [0.29, 0.717) is 25.0 Å². The second-order valence-electron chi connectivity index (χ2n) is 8.61. The molecule has 5 heteroatoms. The highest BCUT2D eigenvalue weighted by Crippen LogP contribution is 2.48. The lowest BCUT2D eigenvalue weighted by atomic mass is 9.86. The quantitative estimate of drug-likeness (QED) is 0.801. The summed E-state index contributed by atoms with van der Waals surface area (Å²) in [6.07, 6.45) is 1.65. The fourth-order valence-electron chi connectivity index (χ4n) is 4.25. The molecule has 5 nitrogen and oxygen atoms in total. The third-order valence-electron chi connectivity index (χ3n) is 5.45. The number of ether oxygens (including phenoxy) is 2. The van der Waals surface area contributed by atoms with Gasteiger partial charge < -0.3 is 19.7 Å². The van der Waals surface area contributed by atoms with Crippen molar-refractivity contribution in [2.45, 2.75) is 90.4 Å². The maximum atomic E-state index is 11.6. The van der Waals surface area contributed by atoms with Gasteiger partial charge >= 0.3 is 5.97 Å². The Bertz CT molecular complexity index is 720. The van der Waals surface area contributed by atoms with Gasteiger partial charge in [0.25, 0.3) is 0 Å². The van der Waals surface area contributed by atoms with Gasteiger partial charge in [0.05, 0.1) is 12.5 Å². The van der Waals surface area contributed by atoms with Crippen LogP contribution in [0, 0.1) is 6.92 Å². The van der Waals surface area contributed by atoms with Crippen molar-refractivity contribution >= 4 is 5.97 Å². The van der Waals surface area contributed by atoms with Gasteiger partial charge in [0, 0.05) is 29.5 Å². The van der Waals surface area contributed by atoms with Crippen molar-refractivity contribution in [3.8, 4) is 11.5 Å². The van der Waals surface area contributed by atoms with Gasteiger partial charge in [0.1, 0.15) is 23.2 Å². The Balaban J connectivity index is 1.94. The highest BCUT2D eigenvalue weighted by atomic mass is 16.5. The number of aromatic hydroxyl groups is 1. The van der Waals surface area contributed by atoms with Crippen LogP contribution in [0.1, 0.15) is 75.1 Å². The molecule has 1 fully saturated rings. The van der Waals surface area contributed by atoms with E-state index in [2.05, 4.69) is 27.7 Å². The van der Waals surface area contributed by atoms with E-state index in [1.807, 2.05) is 6.92 Å². The number of rotatable bonds is 4. The van der Waals surface area contributed by atoms with Crippen molar-refractivity contribution in [2.24, 2.45) is 0 Å². The smallest absolute Gasteiger partial charge is 0.308 e. The standard InChI is InChI=1S/C21H30O5/c1-11(2)18-15(7-6-14-8-13(22)9-17(23)25-14)20-16(12(3)19(18)24)10-21(4,5)26-20/h11,13-14,22,24H,6-10H2,1-5H3. The van der Waals surface area contributed by atoms with Crippen LogP contribution in [0.2, 0.25) is 0 Å². The number of aliphatic hydroxyl groups is 1. The van der Waals surface area contributed by atoms with E-state index in [9.17, 15) is 15.0 Å². The van der Waals surface area contributed by atoms with Crippen molar-refractivity contribution in [1.29, 1.82) is 0 Å². The summed E-state index contributed by atoms with van der Waals surface area (Å²) in [5.74, 6) is 1.06. The summed E-state index contributed by atoms with van der Waals surface area (Å²) in [4.78, 5) is 11.6. The number of cyclic esters (lactones) is 1. The molecule has 26 heavy (non-hydrogen) atoms. The van der Waals surface area contributed by atoms with Crippen LogP contribution in [0.5, 0.6) is 11.5 Å². The van der Waals surface area contributed by atoms with Gasteiger partial charge in [-0.3, -0.25) is 4.79 Å². The predicted octanol–water partition coefficient (Wildman–Crippen LogP) is 3.54. The fourth-order valence-corrected chi connectivity index (χ4v) is 4.25. The van der Waals surface area contributed by atoms with Gasteiger partial charge in [0.2, 0.25) is 0 Å². The molecule has 2 unspecified atom stereocenters. The zero-order chi connectivity index (χ0) is 19.2. The van der Waals surface area contributed by atoms with Gasteiger partial charge in [-0.1, -0.05) is 13.8 Å². The monoisotopic (exact) mass is 362 g/mol. The molecule has 2 atom stereocenters. The Hall–Kier alpha value is -1.75. The van der Waals surface area contributed by atoms with Gasteiger partial charge in [-0.25, -0.2) is 0 Å². The number of esters is 1. The summed E-state index contributed by atoms with van der Waals surface area (Å²) in [6.45, 7) is 10.2. The number of phenolic OH excluding ortho intramolecular Hbond substituents is 1. The van der Waals surface area contributed by atoms with Crippen molar-refractivity contribution in [1.82, 2.24) is 0 Å². The average molecular weight is 362 g/mol. The second kappa shape index (κ2) is 6.76. The van der Waals surface area contributed by atoms with Crippen LogP contribution in [-0.2, 0) is 22.4 Å². The minimum absolute atomic E-state index is 0.0752. The molecule has 0 amide bonds. The van der Waals surface area contributed by atoms with E-state index >= 15 is 0 Å². The van der Waals surface area contributed by atoms with E-state index in [0.717, 1.165) is 34.4 Å². The number of carbonyl (C=O) groups excluding carboxylic acids is 1. The zero-order valence-corrected chi connectivity index (χ0v) is 16.4. The van der Waals surface area contributed by atoms with Gasteiger partial charge in [-0.05, 0) is 45.1 Å². The molecule has 0 bridgehead atoms. The summed E-state index contributed by atoms with van der Waals surface area (Å²) in [7, 11) is 0. The van der Waals surface area contributed by atoms with E-state index in [4.69, 9.17) is 9.47 Å². The van der Waals surface area contributed by atoms with Crippen molar-refractivity contribution < 1.29 is 24.5 Å². The highest BCUT2D eigenvalue weighted by Gasteiger charge is 2.37. The zero-order valence-electron chi connectivity index (χ0n) is 16.4. The number of aliphatic hydroxyl groups excluding tert-OH is 1. The number of fused-ring (bicyclic) bond motifs is 1. The van der Waals surface area contributed by atoms with E-state index in [1.54, 1.807) is 0 Å². The summed E-state index contributed by atoms with van der Waals surface area (Å²) in [5, 5.41) is 20.7. The SMILES string of the molecule is Cc1c(O)c(C(C)C)c(CCC2CC(O)CC(=O)O2)c2c1CC(C)(C)O2. The van der Waals surface area contributed by atoms with Crippen LogP contribution in [0.25, 0.3) is 0 Å². The number of hydrogen-bond acceptors (Lipinski definition) is 5. The van der Waals surface area contributed by atoms with E-state index in [-0.39, 0.29) is 30.0 Å². The maximum absolute atomic E-state index is 11.6. The lowest BCUT2D eigenvalue weighted by Crippen LogP contribution is -2.32. The normalized spacial score (nSPS) is 24.3. The average Bonchev–Trinajstić information content (AvgIpc) is 2.83. The van der Waals surface area contributed by atoms with Gasteiger partial charge in [-0.2, -0.15) is 0 Å². The number of phenols is 1. The molecule has 1 saturated heterocycles. The minimum Gasteiger partial charge on any atom is -0.507 e. The summed E-state index contributed by atoms with van der Waals surface area (Å²) in [5.41, 5.74) is 3.61. The Kier molecular flexibility index (Phi) is 4.95. The topological polar surface area (TPSA) is 76.0 Å². The molecular weight excluding hydrogens is 332 g/mol. The van der Waals surface area contributed by atoms with Crippen LogP contribution >= 0.6 is 0 Å². The van der Waals surface area contributed by atoms with Gasteiger partial charge in [0.15, 0.2) is 0 Å². The first-order chi connectivity index (χ1) is 12.1. The van der Waals surface area contributed by atoms with Crippen LogP contribution < -0.4 is 4.74 Å². The fraction of sp³-hybridized carbons (Fsp3) is 0.667. The molecule has 2 N–H and O–H groups in total. The molecule has 0 aliphatic carbocycles. The van der Waals surface area contributed by atoms with Crippen LogP contribution in [-0.4, -0.2) is 34.0 Å². The highest BCUT2D eigenvalue weighted by molar-refractivity contribution is 5.71. The number of benzene rings is 1. The second-order valence-corrected chi connectivity index (χ2v) is 8.61. The number of hydrogen-bond donors (Lipinski definition) is 2. The van der Waals surface area contributed by atoms with E-state index in [1.165, 1.54) is 0 Å². The Morgan fingerprint density at radius 1 is 1.31 bits per heavy atom. The van der Waals surface area contributed by atoms with E-state index < -0.39 is 6.10 Å². The number of carbonyl (C=O) groups is 1. The first-order valence-electron chi connectivity index (χ1n) is 9.52. The molecule has 0 spiro atoms. The third-order valence-corrected chi connectivity index (χ3v) is 5.45. The van der Waals surface area contributed by atoms with Crippen molar-refractivity contribution in [3.63, 3.8) is 0 Å². The molecule has 3 rings (SSSR count). The summed E-state index contributed by atoms with van der Waals surface area (Å²) < 4.78 is 11.7. The lowest BCUT2D eigenvalue weighted by molar-refractivity contribution is -0.160. The molecule has 1 aromatic carbocycles. The molecule has 2 aliphatic heterocycles. The van der Waals surface area contributed by atoms with Crippen LogP contribution in [0.15, 0.2) is 0 Å². The molecule has 1 aromatic rings. The van der Waals surface area contributed by atoms with Gasteiger partial charge in [-0.15, -0.1) is 0 Å². The van der Waals surface area contributed by atoms with Crippen LogP contribution in [0.3, 0.4) is 0 Å². The first-order valence-corrected chi connectivity index (χ1v) is 9.52. The molecule has 0 radical (unpaired) electrons. The Morgan fingerprint density at radius 3 is 2.62 bits per heavy atom. The summed E-state index contributed by atoms with van der Waals surface area (Å²) in [6, 6.07) is 0. The van der Waals surface area contributed by atoms with Crippen LogP contribution in [0.4, 0.5) is 0 Å². The summed E-state index contributed by atoms with van der Waals surface area (Å²) >= 11 is 0. The first kappa shape index (κ1) is 19.0. The molecule has 0 aromatic heterocycles.